The fourth-order valence-electron chi connectivity index (χ4n) is 4.13. The SMILES string of the molecule is Cc1cn([C@H]2C[C@@H](O)C(COP(=O)(N[C@@H](C)C(=O)OC(C)C)Oc3cccc4ccccc34)O2)c(=O)[nH]c1=O. The third-order valence-corrected chi connectivity index (χ3v) is 7.72. The average molecular weight is 562 g/mol. The van der Waals surface area contributed by atoms with Crippen LogP contribution in [0.5, 0.6) is 5.75 Å². The molecule has 13 heteroatoms. The van der Waals surface area contributed by atoms with Crippen LogP contribution in [0.15, 0.2) is 58.3 Å². The van der Waals surface area contributed by atoms with Crippen LogP contribution in [0.4, 0.5) is 0 Å². The van der Waals surface area contributed by atoms with E-state index in [9.17, 15) is 24.1 Å². The summed E-state index contributed by atoms with van der Waals surface area (Å²) in [6.45, 7) is 6.00. The van der Waals surface area contributed by atoms with Crippen molar-refractivity contribution in [1.82, 2.24) is 14.6 Å². The molecule has 0 saturated carbocycles. The number of benzene rings is 2. The van der Waals surface area contributed by atoms with E-state index in [4.69, 9.17) is 18.5 Å². The molecule has 39 heavy (non-hydrogen) atoms. The third-order valence-electron chi connectivity index (χ3n) is 6.09. The van der Waals surface area contributed by atoms with Gasteiger partial charge in [-0.3, -0.25) is 23.7 Å². The van der Waals surface area contributed by atoms with E-state index in [1.807, 2.05) is 18.2 Å². The molecule has 1 aliphatic rings. The van der Waals surface area contributed by atoms with Crippen LogP contribution < -0.4 is 20.9 Å². The van der Waals surface area contributed by atoms with E-state index in [-0.39, 0.29) is 18.3 Å². The molecule has 0 radical (unpaired) electrons. The van der Waals surface area contributed by atoms with Gasteiger partial charge >= 0.3 is 19.4 Å². The number of ether oxygens (including phenoxy) is 2. The van der Waals surface area contributed by atoms with Gasteiger partial charge in [0.25, 0.3) is 5.56 Å². The fourth-order valence-corrected chi connectivity index (χ4v) is 5.65. The second-order valence-corrected chi connectivity index (χ2v) is 11.3. The van der Waals surface area contributed by atoms with Crippen molar-refractivity contribution < 1.29 is 33.0 Å². The number of aromatic nitrogens is 2. The highest BCUT2D eigenvalue weighted by molar-refractivity contribution is 7.52. The van der Waals surface area contributed by atoms with E-state index in [2.05, 4.69) is 10.1 Å². The maximum atomic E-state index is 14.0. The van der Waals surface area contributed by atoms with Crippen LogP contribution in [0, 0.1) is 6.92 Å². The van der Waals surface area contributed by atoms with Crippen molar-refractivity contribution in [1.29, 1.82) is 0 Å². The maximum Gasteiger partial charge on any atom is 0.459 e. The predicted octanol–water partition coefficient (Wildman–Crippen LogP) is 2.78. The quantitative estimate of drug-likeness (QED) is 0.248. The lowest BCUT2D eigenvalue weighted by atomic mass is 10.1. The first-order valence-corrected chi connectivity index (χ1v) is 14.1. The maximum absolute atomic E-state index is 14.0. The van der Waals surface area contributed by atoms with Crippen LogP contribution >= 0.6 is 7.75 Å². The summed E-state index contributed by atoms with van der Waals surface area (Å²) in [7, 11) is -4.25. The standard InChI is InChI=1S/C26H32N3O9P/c1-15(2)36-25(32)17(4)28-39(34,38-21-11-7-9-18-8-5-6-10-19(18)21)35-14-22-20(30)12-23(37-22)29-13-16(3)24(31)27-26(29)33/h5-11,13,15,17,20,22-23,30H,12,14H2,1-4H3,(H,28,34)(H,27,31,33)/t17-,20+,22?,23+,39?/m0/s1. The van der Waals surface area contributed by atoms with Crippen molar-refractivity contribution in [3.8, 4) is 5.75 Å². The highest BCUT2D eigenvalue weighted by Crippen LogP contribution is 2.47. The van der Waals surface area contributed by atoms with Gasteiger partial charge < -0.3 is 19.1 Å². The lowest BCUT2D eigenvalue weighted by Crippen LogP contribution is -2.37. The Morgan fingerprint density at radius 1 is 1.21 bits per heavy atom. The number of H-pyrrole nitrogens is 1. The van der Waals surface area contributed by atoms with Gasteiger partial charge in [-0.2, -0.15) is 5.09 Å². The molecule has 3 N–H and O–H groups in total. The normalized spacial score (nSPS) is 21.5. The zero-order valence-electron chi connectivity index (χ0n) is 22.0. The van der Waals surface area contributed by atoms with Gasteiger partial charge in [0, 0.05) is 23.6 Å². The molecule has 2 heterocycles. The first-order valence-electron chi connectivity index (χ1n) is 12.5. The van der Waals surface area contributed by atoms with E-state index < -0.39 is 56.0 Å². The second-order valence-electron chi connectivity index (χ2n) is 9.61. The number of esters is 1. The molecule has 4 rings (SSSR count). The van der Waals surface area contributed by atoms with Crippen molar-refractivity contribution in [2.75, 3.05) is 6.61 Å². The Balaban J connectivity index is 1.55. The van der Waals surface area contributed by atoms with E-state index in [0.29, 0.717) is 10.9 Å². The van der Waals surface area contributed by atoms with Crippen LogP contribution in [0.25, 0.3) is 10.8 Å². The molecule has 210 valence electrons. The predicted molar refractivity (Wildman–Crippen MR) is 143 cm³/mol. The molecule has 2 aromatic carbocycles. The number of carbonyl (C=O) groups is 1. The lowest BCUT2D eigenvalue weighted by Gasteiger charge is -2.25. The number of carbonyl (C=O) groups excluding carboxylic acids is 1. The van der Waals surface area contributed by atoms with Crippen LogP contribution in [0.1, 0.15) is 39.0 Å². The molecule has 3 aromatic rings. The number of fused-ring (bicyclic) bond motifs is 1. The summed E-state index contributed by atoms with van der Waals surface area (Å²) in [6.07, 6.45) is -1.97. The minimum atomic E-state index is -4.25. The first kappa shape index (κ1) is 28.7. The van der Waals surface area contributed by atoms with Gasteiger partial charge in [-0.15, -0.1) is 0 Å². The molecule has 12 nitrogen and oxygen atoms in total. The number of nitrogens with one attached hydrogen (secondary N) is 2. The van der Waals surface area contributed by atoms with Crippen LogP contribution in [-0.4, -0.2) is 51.6 Å². The zero-order valence-corrected chi connectivity index (χ0v) is 22.9. The molecule has 1 aliphatic heterocycles. The van der Waals surface area contributed by atoms with Crippen molar-refractivity contribution in [3.63, 3.8) is 0 Å². The molecule has 1 fully saturated rings. The van der Waals surface area contributed by atoms with Gasteiger partial charge in [-0.25, -0.2) is 9.36 Å². The molecular formula is C26H32N3O9P. The molecule has 1 saturated heterocycles. The summed E-state index contributed by atoms with van der Waals surface area (Å²) in [6, 6.07) is 11.5. The van der Waals surface area contributed by atoms with Gasteiger partial charge in [-0.05, 0) is 39.1 Å². The Hall–Kier alpha value is -3.28. The highest BCUT2D eigenvalue weighted by Gasteiger charge is 2.39. The second kappa shape index (κ2) is 11.8. The van der Waals surface area contributed by atoms with Crippen LogP contribution in [0.3, 0.4) is 0 Å². The first-order chi connectivity index (χ1) is 18.5. The number of aliphatic hydroxyl groups is 1. The molecule has 0 amide bonds. The summed E-state index contributed by atoms with van der Waals surface area (Å²) >= 11 is 0. The molecule has 2 unspecified atom stereocenters. The Kier molecular flexibility index (Phi) is 8.73. The fraction of sp³-hybridized carbons (Fsp3) is 0.423. The highest BCUT2D eigenvalue weighted by atomic mass is 31.2. The Bertz CT molecular complexity index is 1500. The van der Waals surface area contributed by atoms with E-state index in [0.717, 1.165) is 5.39 Å². The Labute approximate surface area is 224 Å². The monoisotopic (exact) mass is 561 g/mol. The summed E-state index contributed by atoms with van der Waals surface area (Å²) in [5, 5.41) is 14.8. The molecular weight excluding hydrogens is 529 g/mol. The third kappa shape index (κ3) is 6.84. The van der Waals surface area contributed by atoms with E-state index in [1.165, 1.54) is 17.7 Å². The summed E-state index contributed by atoms with van der Waals surface area (Å²) in [5.74, 6) is -0.394. The van der Waals surface area contributed by atoms with Gasteiger partial charge in [0.2, 0.25) is 0 Å². The number of hydrogen-bond acceptors (Lipinski definition) is 9. The largest absolute Gasteiger partial charge is 0.462 e. The summed E-state index contributed by atoms with van der Waals surface area (Å²) in [4.78, 5) is 38.6. The van der Waals surface area contributed by atoms with Crippen molar-refractivity contribution in [3.05, 3.63) is 75.1 Å². The molecule has 5 atom stereocenters. The van der Waals surface area contributed by atoms with Crippen molar-refractivity contribution in [2.45, 2.75) is 64.7 Å². The number of aliphatic hydroxyl groups excluding tert-OH is 1. The van der Waals surface area contributed by atoms with Gasteiger partial charge in [0.1, 0.15) is 24.1 Å². The van der Waals surface area contributed by atoms with E-state index in [1.54, 1.807) is 45.0 Å². The Morgan fingerprint density at radius 3 is 2.67 bits per heavy atom. The number of aryl methyl sites for hydroxylation is 1. The average Bonchev–Trinajstić information content (AvgIpc) is 3.25. The van der Waals surface area contributed by atoms with Gasteiger partial charge in [0.15, 0.2) is 0 Å². The van der Waals surface area contributed by atoms with Crippen LogP contribution in [0.2, 0.25) is 0 Å². The van der Waals surface area contributed by atoms with Gasteiger partial charge in [0.05, 0.1) is 18.8 Å². The zero-order chi connectivity index (χ0) is 28.3. The Morgan fingerprint density at radius 2 is 1.92 bits per heavy atom. The topological polar surface area (TPSA) is 158 Å². The number of aromatic amines is 1. The molecule has 0 spiro atoms. The lowest BCUT2D eigenvalue weighted by molar-refractivity contribution is -0.149. The minimum Gasteiger partial charge on any atom is -0.462 e. The smallest absolute Gasteiger partial charge is 0.459 e. The molecule has 0 aliphatic carbocycles. The van der Waals surface area contributed by atoms with E-state index >= 15 is 0 Å². The number of rotatable bonds is 10. The number of nitrogens with zero attached hydrogens (tertiary/aromatic N) is 1. The summed E-state index contributed by atoms with van der Waals surface area (Å²) in [5.41, 5.74) is -0.905. The number of hydrogen-bond donors (Lipinski definition) is 3. The molecule has 1 aromatic heterocycles. The van der Waals surface area contributed by atoms with Crippen molar-refractivity contribution in [2.24, 2.45) is 0 Å². The van der Waals surface area contributed by atoms with Crippen molar-refractivity contribution >= 4 is 24.5 Å². The van der Waals surface area contributed by atoms with Crippen LogP contribution in [-0.2, 0) is 23.4 Å². The molecule has 0 bridgehead atoms. The summed E-state index contributed by atoms with van der Waals surface area (Å²) < 4.78 is 37.8. The van der Waals surface area contributed by atoms with Gasteiger partial charge in [-0.1, -0.05) is 36.4 Å². The minimum absolute atomic E-state index is 0.0262.